The first kappa shape index (κ1) is 15.1. The molecule has 1 heterocycles. The smallest absolute Gasteiger partial charge is 0.220 e. The van der Waals surface area contributed by atoms with Crippen molar-refractivity contribution in [2.24, 2.45) is 5.92 Å². The first-order chi connectivity index (χ1) is 10.7. The number of H-pyrrole nitrogens is 1. The Morgan fingerprint density at radius 2 is 2.18 bits per heavy atom. The summed E-state index contributed by atoms with van der Waals surface area (Å²) in [7, 11) is 0. The number of aryl methyl sites for hydroxylation is 1. The molecule has 1 aromatic carbocycles. The van der Waals surface area contributed by atoms with E-state index < -0.39 is 0 Å². The third-order valence-corrected chi connectivity index (χ3v) is 4.83. The molecule has 1 fully saturated rings. The first-order valence-electron chi connectivity index (χ1n) is 8.56. The van der Waals surface area contributed by atoms with Crippen molar-refractivity contribution < 1.29 is 4.79 Å². The van der Waals surface area contributed by atoms with E-state index in [-0.39, 0.29) is 5.91 Å². The zero-order chi connectivity index (χ0) is 15.4. The number of carbonyl (C=O) groups excluding carboxylic acids is 1. The van der Waals surface area contributed by atoms with E-state index in [0.29, 0.717) is 12.5 Å². The minimum atomic E-state index is 0.221. The quantitative estimate of drug-likeness (QED) is 0.854. The molecule has 0 bridgehead atoms. The second-order valence-electron chi connectivity index (χ2n) is 6.75. The van der Waals surface area contributed by atoms with Gasteiger partial charge >= 0.3 is 0 Å². The van der Waals surface area contributed by atoms with Crippen LogP contribution in [-0.4, -0.2) is 16.9 Å². The zero-order valence-electron chi connectivity index (χ0n) is 13.4. The van der Waals surface area contributed by atoms with Gasteiger partial charge in [0.25, 0.3) is 0 Å². The van der Waals surface area contributed by atoms with Crippen molar-refractivity contribution in [1.82, 2.24) is 10.3 Å². The third kappa shape index (κ3) is 3.70. The van der Waals surface area contributed by atoms with Gasteiger partial charge in [-0.3, -0.25) is 4.79 Å². The maximum absolute atomic E-state index is 12.1. The lowest BCUT2D eigenvalue weighted by Gasteiger charge is -2.27. The second kappa shape index (κ2) is 6.99. The molecule has 0 spiro atoms. The lowest BCUT2D eigenvalue weighted by atomic mass is 9.87. The van der Waals surface area contributed by atoms with E-state index in [2.05, 4.69) is 41.6 Å². The van der Waals surface area contributed by atoms with Crippen LogP contribution in [0.1, 0.15) is 51.0 Å². The summed E-state index contributed by atoms with van der Waals surface area (Å²) in [6.45, 7) is 2.29. The number of benzene rings is 1. The van der Waals surface area contributed by atoms with Crippen molar-refractivity contribution in [2.45, 2.75) is 57.9 Å². The van der Waals surface area contributed by atoms with Crippen LogP contribution in [0.25, 0.3) is 10.9 Å². The Hall–Kier alpha value is -1.77. The maximum Gasteiger partial charge on any atom is 0.220 e. The van der Waals surface area contributed by atoms with Crippen molar-refractivity contribution in [3.05, 3.63) is 36.0 Å². The zero-order valence-corrected chi connectivity index (χ0v) is 13.4. The SMILES string of the molecule is CC1CCCC(NC(=O)CCCc2c[nH]c3ccccc23)C1. The van der Waals surface area contributed by atoms with E-state index in [4.69, 9.17) is 0 Å². The highest BCUT2D eigenvalue weighted by molar-refractivity contribution is 5.83. The van der Waals surface area contributed by atoms with Crippen LogP contribution in [0.15, 0.2) is 30.5 Å². The Morgan fingerprint density at radius 1 is 1.32 bits per heavy atom. The Balaban J connectivity index is 1.45. The molecule has 2 N–H and O–H groups in total. The topological polar surface area (TPSA) is 44.9 Å². The summed E-state index contributed by atoms with van der Waals surface area (Å²) in [6.07, 6.45) is 9.44. The van der Waals surface area contributed by atoms with Gasteiger partial charge in [0.15, 0.2) is 0 Å². The Kier molecular flexibility index (Phi) is 4.81. The van der Waals surface area contributed by atoms with Crippen LogP contribution in [0.5, 0.6) is 0 Å². The molecule has 1 aromatic heterocycles. The fourth-order valence-electron chi connectivity index (χ4n) is 3.64. The van der Waals surface area contributed by atoms with Crippen molar-refractivity contribution in [1.29, 1.82) is 0 Å². The van der Waals surface area contributed by atoms with Crippen molar-refractivity contribution in [3.63, 3.8) is 0 Å². The van der Waals surface area contributed by atoms with E-state index in [1.807, 2.05) is 6.07 Å². The number of aromatic nitrogens is 1. The van der Waals surface area contributed by atoms with Crippen LogP contribution >= 0.6 is 0 Å². The van der Waals surface area contributed by atoms with E-state index in [0.717, 1.165) is 31.6 Å². The van der Waals surface area contributed by atoms with E-state index in [1.54, 1.807) is 0 Å². The summed E-state index contributed by atoms with van der Waals surface area (Å²) in [5.41, 5.74) is 2.49. The van der Waals surface area contributed by atoms with E-state index >= 15 is 0 Å². The lowest BCUT2D eigenvalue weighted by Crippen LogP contribution is -2.37. The predicted octanol–water partition coefficient (Wildman–Crippen LogP) is 4.19. The fourth-order valence-corrected chi connectivity index (χ4v) is 3.64. The maximum atomic E-state index is 12.1. The average Bonchev–Trinajstić information content (AvgIpc) is 2.91. The van der Waals surface area contributed by atoms with Crippen molar-refractivity contribution in [2.75, 3.05) is 0 Å². The molecule has 2 atom stereocenters. The van der Waals surface area contributed by atoms with Crippen molar-refractivity contribution >= 4 is 16.8 Å². The van der Waals surface area contributed by atoms with Crippen LogP contribution < -0.4 is 5.32 Å². The molecular weight excluding hydrogens is 272 g/mol. The molecule has 2 aromatic rings. The van der Waals surface area contributed by atoms with Crippen LogP contribution in [0, 0.1) is 5.92 Å². The highest BCUT2D eigenvalue weighted by Crippen LogP contribution is 2.24. The van der Waals surface area contributed by atoms with Gasteiger partial charge in [0, 0.05) is 29.6 Å². The molecule has 0 aliphatic heterocycles. The minimum absolute atomic E-state index is 0.221. The number of hydrogen-bond acceptors (Lipinski definition) is 1. The van der Waals surface area contributed by atoms with E-state index in [1.165, 1.54) is 29.3 Å². The summed E-state index contributed by atoms with van der Waals surface area (Å²) in [5, 5.41) is 4.50. The monoisotopic (exact) mass is 298 g/mol. The van der Waals surface area contributed by atoms with E-state index in [9.17, 15) is 4.79 Å². The number of aromatic amines is 1. The molecule has 3 rings (SSSR count). The van der Waals surface area contributed by atoms with Gasteiger partial charge in [0.1, 0.15) is 0 Å². The van der Waals surface area contributed by atoms with Gasteiger partial charge in [0.05, 0.1) is 0 Å². The summed E-state index contributed by atoms with van der Waals surface area (Å²) in [4.78, 5) is 15.4. The number of para-hydroxylation sites is 1. The molecule has 1 saturated carbocycles. The molecule has 118 valence electrons. The third-order valence-electron chi connectivity index (χ3n) is 4.83. The average molecular weight is 298 g/mol. The van der Waals surface area contributed by atoms with Gasteiger partial charge in [-0.05, 0) is 43.2 Å². The highest BCUT2D eigenvalue weighted by atomic mass is 16.1. The number of amides is 1. The molecule has 0 radical (unpaired) electrons. The molecule has 2 unspecified atom stereocenters. The highest BCUT2D eigenvalue weighted by Gasteiger charge is 2.20. The standard InChI is InChI=1S/C19H26N2O/c1-14-6-4-8-16(12-14)21-19(22)11-5-7-15-13-20-18-10-3-2-9-17(15)18/h2-3,9-10,13-14,16,20H,4-8,11-12H2,1H3,(H,21,22). The van der Waals surface area contributed by atoms with Gasteiger partial charge in [-0.2, -0.15) is 0 Å². The Morgan fingerprint density at radius 3 is 3.05 bits per heavy atom. The Bertz CT molecular complexity index is 631. The fraction of sp³-hybridized carbons (Fsp3) is 0.526. The van der Waals surface area contributed by atoms with Crippen molar-refractivity contribution in [3.8, 4) is 0 Å². The summed E-state index contributed by atoms with van der Waals surface area (Å²) >= 11 is 0. The molecule has 1 aliphatic carbocycles. The number of carbonyl (C=O) groups is 1. The second-order valence-corrected chi connectivity index (χ2v) is 6.75. The van der Waals surface area contributed by atoms with Crippen LogP contribution in [0.4, 0.5) is 0 Å². The molecule has 1 aliphatic rings. The van der Waals surface area contributed by atoms with Gasteiger partial charge in [-0.15, -0.1) is 0 Å². The molecular formula is C19H26N2O. The summed E-state index contributed by atoms with van der Waals surface area (Å²) in [6, 6.07) is 8.75. The molecule has 0 saturated heterocycles. The van der Waals surface area contributed by atoms with Crippen LogP contribution in [0.3, 0.4) is 0 Å². The number of hydrogen-bond donors (Lipinski definition) is 2. The lowest BCUT2D eigenvalue weighted by molar-refractivity contribution is -0.122. The summed E-state index contributed by atoms with van der Waals surface area (Å²) < 4.78 is 0. The van der Waals surface area contributed by atoms with Gasteiger partial charge < -0.3 is 10.3 Å². The largest absolute Gasteiger partial charge is 0.361 e. The minimum Gasteiger partial charge on any atom is -0.361 e. The van der Waals surface area contributed by atoms with Crippen LogP contribution in [-0.2, 0) is 11.2 Å². The first-order valence-corrected chi connectivity index (χ1v) is 8.56. The Labute approximate surface area is 132 Å². The molecule has 3 nitrogen and oxygen atoms in total. The van der Waals surface area contributed by atoms with Gasteiger partial charge in [-0.1, -0.05) is 38.0 Å². The number of fused-ring (bicyclic) bond motifs is 1. The molecule has 3 heteroatoms. The predicted molar refractivity (Wildman–Crippen MR) is 90.8 cm³/mol. The van der Waals surface area contributed by atoms with Crippen LogP contribution in [0.2, 0.25) is 0 Å². The normalized spacial score (nSPS) is 21.9. The van der Waals surface area contributed by atoms with Gasteiger partial charge in [0.2, 0.25) is 5.91 Å². The number of nitrogens with one attached hydrogen (secondary N) is 2. The van der Waals surface area contributed by atoms with Gasteiger partial charge in [-0.25, -0.2) is 0 Å². The number of rotatable bonds is 5. The summed E-state index contributed by atoms with van der Waals surface area (Å²) in [5.74, 6) is 0.976. The molecule has 1 amide bonds. The molecule has 22 heavy (non-hydrogen) atoms.